The van der Waals surface area contributed by atoms with Gasteiger partial charge in [-0.1, -0.05) is 62.9 Å². The van der Waals surface area contributed by atoms with E-state index < -0.39 is 0 Å². The van der Waals surface area contributed by atoms with E-state index in [0.717, 1.165) is 12.2 Å². The van der Waals surface area contributed by atoms with Gasteiger partial charge in [-0.05, 0) is 55.5 Å². The Balaban J connectivity index is 1.90. The lowest BCUT2D eigenvalue weighted by Crippen LogP contribution is -2.15. The zero-order chi connectivity index (χ0) is 19.3. The number of hydrogen-bond acceptors (Lipinski definition) is 3. The molecule has 0 aliphatic heterocycles. The Morgan fingerprint density at radius 1 is 0.926 bits per heavy atom. The minimum Gasteiger partial charge on any atom is -0.493 e. The van der Waals surface area contributed by atoms with Gasteiger partial charge in [-0.3, -0.25) is 0 Å². The number of benzene rings is 2. The van der Waals surface area contributed by atoms with Crippen LogP contribution in [0, 0.1) is 5.92 Å². The molecular weight excluding hydrogens is 336 g/mol. The van der Waals surface area contributed by atoms with E-state index in [1.54, 1.807) is 12.1 Å². The van der Waals surface area contributed by atoms with Crippen molar-refractivity contribution in [1.82, 2.24) is 0 Å². The van der Waals surface area contributed by atoms with E-state index in [-0.39, 0.29) is 5.97 Å². The molecule has 1 atom stereocenters. The van der Waals surface area contributed by atoms with E-state index in [9.17, 15) is 4.79 Å². The topological polar surface area (TPSA) is 35.5 Å². The van der Waals surface area contributed by atoms with Crippen LogP contribution >= 0.6 is 0 Å². The summed E-state index contributed by atoms with van der Waals surface area (Å²) in [6, 6.07) is 17.9. The minimum absolute atomic E-state index is 0.290. The molecular formula is C24H32O3. The molecule has 0 heterocycles. The molecule has 0 amide bonds. The monoisotopic (exact) mass is 368 g/mol. The molecule has 1 unspecified atom stereocenters. The first-order chi connectivity index (χ1) is 13.2. The van der Waals surface area contributed by atoms with E-state index in [1.807, 2.05) is 19.1 Å². The molecule has 0 saturated heterocycles. The van der Waals surface area contributed by atoms with Gasteiger partial charge in [0.1, 0.15) is 5.75 Å². The third-order valence-electron chi connectivity index (χ3n) is 4.68. The van der Waals surface area contributed by atoms with Gasteiger partial charge in [0.15, 0.2) is 0 Å². The smallest absolute Gasteiger partial charge is 0.338 e. The molecule has 0 aliphatic rings. The van der Waals surface area contributed by atoms with E-state index in [1.165, 1.54) is 37.7 Å². The van der Waals surface area contributed by atoms with Crippen molar-refractivity contribution in [2.24, 2.45) is 5.92 Å². The summed E-state index contributed by atoms with van der Waals surface area (Å²) in [6.45, 7) is 5.13. The molecule has 27 heavy (non-hydrogen) atoms. The Bertz CT molecular complexity index is 649. The van der Waals surface area contributed by atoms with Crippen molar-refractivity contribution in [2.45, 2.75) is 52.4 Å². The molecule has 146 valence electrons. The summed E-state index contributed by atoms with van der Waals surface area (Å²) in [5.74, 6) is 1.01. The summed E-state index contributed by atoms with van der Waals surface area (Å²) in [5, 5.41) is 0. The molecule has 0 spiro atoms. The average molecular weight is 369 g/mol. The molecule has 3 heteroatoms. The van der Waals surface area contributed by atoms with Crippen molar-refractivity contribution in [1.29, 1.82) is 0 Å². The first kappa shape index (κ1) is 21.0. The highest BCUT2D eigenvalue weighted by Gasteiger charge is 2.12. The van der Waals surface area contributed by atoms with Gasteiger partial charge in [0, 0.05) is 0 Å². The molecule has 0 N–H and O–H groups in total. The quantitative estimate of drug-likeness (QED) is 0.337. The number of carbonyl (C=O) groups is 1. The van der Waals surface area contributed by atoms with Crippen LogP contribution in [0.25, 0.3) is 0 Å². The molecule has 0 radical (unpaired) electrons. The molecule has 2 aromatic carbocycles. The van der Waals surface area contributed by atoms with Crippen LogP contribution in [0.2, 0.25) is 0 Å². The minimum atomic E-state index is -0.290. The summed E-state index contributed by atoms with van der Waals surface area (Å²) < 4.78 is 11.1. The van der Waals surface area contributed by atoms with Crippen LogP contribution in [0.15, 0.2) is 54.6 Å². The largest absolute Gasteiger partial charge is 0.493 e. The second kappa shape index (κ2) is 12.2. The normalized spacial score (nSPS) is 11.8. The van der Waals surface area contributed by atoms with Crippen LogP contribution < -0.4 is 4.74 Å². The summed E-state index contributed by atoms with van der Waals surface area (Å²) >= 11 is 0. The molecule has 0 saturated carbocycles. The van der Waals surface area contributed by atoms with Crippen LogP contribution in [0.3, 0.4) is 0 Å². The molecule has 0 aromatic heterocycles. The van der Waals surface area contributed by atoms with Gasteiger partial charge in [0.25, 0.3) is 0 Å². The Hall–Kier alpha value is -2.29. The van der Waals surface area contributed by atoms with E-state index in [0.29, 0.717) is 24.7 Å². The third kappa shape index (κ3) is 7.86. The van der Waals surface area contributed by atoms with Crippen LogP contribution in [0.5, 0.6) is 5.75 Å². The summed E-state index contributed by atoms with van der Waals surface area (Å²) in [7, 11) is 0. The number of hydrogen-bond donors (Lipinski definition) is 0. The number of rotatable bonds is 12. The lowest BCUT2D eigenvalue weighted by atomic mass is 9.94. The molecule has 0 aliphatic carbocycles. The fraction of sp³-hybridized carbons (Fsp3) is 0.458. The Morgan fingerprint density at radius 2 is 1.67 bits per heavy atom. The van der Waals surface area contributed by atoms with E-state index >= 15 is 0 Å². The van der Waals surface area contributed by atoms with Crippen LogP contribution in [-0.2, 0) is 11.2 Å². The Morgan fingerprint density at radius 3 is 2.33 bits per heavy atom. The average Bonchev–Trinajstić information content (AvgIpc) is 2.70. The predicted octanol–water partition coefficient (Wildman–Crippen LogP) is 6.07. The van der Waals surface area contributed by atoms with Crippen LogP contribution in [0.1, 0.15) is 61.9 Å². The highest BCUT2D eigenvalue weighted by molar-refractivity contribution is 5.89. The van der Waals surface area contributed by atoms with Crippen molar-refractivity contribution in [3.8, 4) is 5.75 Å². The maximum atomic E-state index is 11.7. The highest BCUT2D eigenvalue weighted by Crippen LogP contribution is 2.20. The molecule has 2 aromatic rings. The molecule has 0 bridgehead atoms. The van der Waals surface area contributed by atoms with Gasteiger partial charge in [-0.15, -0.1) is 0 Å². The number of ether oxygens (including phenoxy) is 2. The number of unbranched alkanes of at least 4 members (excludes halogenated alkanes) is 3. The fourth-order valence-corrected chi connectivity index (χ4v) is 3.17. The second-order valence-electron chi connectivity index (χ2n) is 6.96. The van der Waals surface area contributed by atoms with Crippen LogP contribution in [0.4, 0.5) is 0 Å². The first-order valence-electron chi connectivity index (χ1n) is 10.2. The van der Waals surface area contributed by atoms with E-state index in [2.05, 4.69) is 37.3 Å². The van der Waals surface area contributed by atoms with Gasteiger partial charge in [-0.2, -0.15) is 0 Å². The third-order valence-corrected chi connectivity index (χ3v) is 4.68. The van der Waals surface area contributed by atoms with Gasteiger partial charge in [0.2, 0.25) is 0 Å². The van der Waals surface area contributed by atoms with Gasteiger partial charge >= 0.3 is 5.97 Å². The standard InChI is InChI=1S/C24H32O3/c1-3-5-6-8-13-21(18-20-11-9-7-10-12-20)19-27-23-16-14-22(15-17-23)24(25)26-4-2/h7,9-12,14-17,21H,3-6,8,13,18-19H2,1-2H3. The maximum Gasteiger partial charge on any atom is 0.338 e. The summed E-state index contributed by atoms with van der Waals surface area (Å²) in [4.78, 5) is 11.7. The summed E-state index contributed by atoms with van der Waals surface area (Å²) in [5.41, 5.74) is 1.92. The SMILES string of the molecule is CCCCCCC(COc1ccc(C(=O)OCC)cc1)Cc1ccccc1. The van der Waals surface area contributed by atoms with Gasteiger partial charge in [-0.25, -0.2) is 4.79 Å². The van der Waals surface area contributed by atoms with Crippen molar-refractivity contribution >= 4 is 5.97 Å². The van der Waals surface area contributed by atoms with Crippen LogP contribution in [-0.4, -0.2) is 19.2 Å². The lowest BCUT2D eigenvalue weighted by molar-refractivity contribution is 0.0526. The first-order valence-corrected chi connectivity index (χ1v) is 10.2. The number of esters is 1. The molecule has 2 rings (SSSR count). The second-order valence-corrected chi connectivity index (χ2v) is 6.96. The zero-order valence-corrected chi connectivity index (χ0v) is 16.7. The summed E-state index contributed by atoms with van der Waals surface area (Å²) in [6.07, 6.45) is 7.30. The molecule has 0 fully saturated rings. The van der Waals surface area contributed by atoms with Gasteiger partial charge in [0.05, 0.1) is 18.8 Å². The predicted molar refractivity (Wildman–Crippen MR) is 110 cm³/mol. The fourth-order valence-electron chi connectivity index (χ4n) is 3.17. The number of carbonyl (C=O) groups excluding carboxylic acids is 1. The zero-order valence-electron chi connectivity index (χ0n) is 16.7. The van der Waals surface area contributed by atoms with Crippen molar-refractivity contribution < 1.29 is 14.3 Å². The Kier molecular flexibility index (Phi) is 9.47. The van der Waals surface area contributed by atoms with Gasteiger partial charge < -0.3 is 9.47 Å². The van der Waals surface area contributed by atoms with Crippen molar-refractivity contribution in [3.05, 3.63) is 65.7 Å². The Labute approximate surface area is 163 Å². The lowest BCUT2D eigenvalue weighted by Gasteiger charge is -2.18. The van der Waals surface area contributed by atoms with Crippen molar-refractivity contribution in [3.63, 3.8) is 0 Å². The van der Waals surface area contributed by atoms with Crippen molar-refractivity contribution in [2.75, 3.05) is 13.2 Å². The highest BCUT2D eigenvalue weighted by atomic mass is 16.5. The maximum absolute atomic E-state index is 11.7. The molecule has 3 nitrogen and oxygen atoms in total. The van der Waals surface area contributed by atoms with E-state index in [4.69, 9.17) is 9.47 Å².